The van der Waals surface area contributed by atoms with Gasteiger partial charge in [0.1, 0.15) is 0 Å². The minimum atomic E-state index is -0.565. The Morgan fingerprint density at radius 1 is 1.27 bits per heavy atom. The lowest BCUT2D eigenvalue weighted by Crippen LogP contribution is -2.22. The standard InChI is InChI=1S/C9H14O2/c1-5-2-7-3-6(5)4-8(7)9(10)11/h5-8H,2-4H2,1H3,(H,10,11). The van der Waals surface area contributed by atoms with E-state index in [0.717, 1.165) is 24.7 Å². The zero-order valence-corrected chi connectivity index (χ0v) is 6.79. The number of rotatable bonds is 1. The van der Waals surface area contributed by atoms with Gasteiger partial charge in [0.2, 0.25) is 0 Å². The fourth-order valence-corrected chi connectivity index (χ4v) is 2.87. The molecule has 0 aliphatic heterocycles. The van der Waals surface area contributed by atoms with Gasteiger partial charge in [-0.1, -0.05) is 6.92 Å². The summed E-state index contributed by atoms with van der Waals surface area (Å²) in [6.07, 6.45) is 3.28. The average Bonchev–Trinajstić information content (AvgIpc) is 2.43. The third-order valence-corrected chi connectivity index (χ3v) is 3.53. The van der Waals surface area contributed by atoms with E-state index in [1.165, 1.54) is 6.42 Å². The molecule has 0 radical (unpaired) electrons. The highest BCUT2D eigenvalue weighted by Crippen LogP contribution is 2.51. The van der Waals surface area contributed by atoms with Gasteiger partial charge in [0.05, 0.1) is 5.92 Å². The van der Waals surface area contributed by atoms with Crippen LogP contribution in [0.3, 0.4) is 0 Å². The molecule has 2 fully saturated rings. The lowest BCUT2D eigenvalue weighted by Gasteiger charge is -2.21. The zero-order valence-electron chi connectivity index (χ0n) is 6.79. The largest absolute Gasteiger partial charge is 0.481 e. The molecule has 4 unspecified atom stereocenters. The van der Waals surface area contributed by atoms with Crippen LogP contribution >= 0.6 is 0 Å². The highest BCUT2D eigenvalue weighted by atomic mass is 16.4. The average molecular weight is 154 g/mol. The summed E-state index contributed by atoms with van der Waals surface area (Å²) in [4.78, 5) is 10.7. The highest BCUT2D eigenvalue weighted by Gasteiger charge is 2.46. The number of carboxylic acid groups (broad SMARTS) is 1. The Balaban J connectivity index is 2.08. The number of carboxylic acids is 1. The van der Waals surface area contributed by atoms with E-state index in [-0.39, 0.29) is 5.92 Å². The molecule has 2 rings (SSSR count). The monoisotopic (exact) mass is 154 g/mol. The van der Waals surface area contributed by atoms with E-state index < -0.39 is 5.97 Å². The molecule has 2 bridgehead atoms. The quantitative estimate of drug-likeness (QED) is 0.624. The molecule has 0 amide bonds. The Bertz CT molecular complexity index is 186. The molecule has 2 heteroatoms. The molecule has 2 nitrogen and oxygen atoms in total. The first-order valence-corrected chi connectivity index (χ1v) is 4.41. The second-order valence-corrected chi connectivity index (χ2v) is 4.15. The smallest absolute Gasteiger partial charge is 0.306 e. The number of hydrogen-bond donors (Lipinski definition) is 1. The van der Waals surface area contributed by atoms with Gasteiger partial charge in [-0.25, -0.2) is 0 Å². The first-order chi connectivity index (χ1) is 5.18. The lowest BCUT2D eigenvalue weighted by molar-refractivity contribution is -0.143. The van der Waals surface area contributed by atoms with Crippen molar-refractivity contribution in [1.82, 2.24) is 0 Å². The van der Waals surface area contributed by atoms with Gasteiger partial charge in [0.25, 0.3) is 0 Å². The number of fused-ring (bicyclic) bond motifs is 2. The minimum Gasteiger partial charge on any atom is -0.481 e. The van der Waals surface area contributed by atoms with Crippen molar-refractivity contribution in [1.29, 1.82) is 0 Å². The Morgan fingerprint density at radius 3 is 2.36 bits per heavy atom. The number of hydrogen-bond acceptors (Lipinski definition) is 1. The van der Waals surface area contributed by atoms with E-state index in [9.17, 15) is 4.79 Å². The van der Waals surface area contributed by atoms with E-state index >= 15 is 0 Å². The number of aliphatic carboxylic acids is 1. The fraction of sp³-hybridized carbons (Fsp3) is 0.889. The van der Waals surface area contributed by atoms with Gasteiger partial charge in [-0.2, -0.15) is 0 Å². The molecule has 0 aromatic carbocycles. The molecule has 2 aliphatic rings. The van der Waals surface area contributed by atoms with Crippen molar-refractivity contribution in [2.24, 2.45) is 23.7 Å². The Morgan fingerprint density at radius 2 is 2.00 bits per heavy atom. The molecule has 0 heterocycles. The van der Waals surface area contributed by atoms with Crippen molar-refractivity contribution in [2.45, 2.75) is 26.2 Å². The van der Waals surface area contributed by atoms with Crippen LogP contribution in [0.4, 0.5) is 0 Å². The Kier molecular flexibility index (Phi) is 1.44. The van der Waals surface area contributed by atoms with Crippen LogP contribution in [-0.4, -0.2) is 11.1 Å². The third-order valence-electron chi connectivity index (χ3n) is 3.53. The predicted molar refractivity (Wildman–Crippen MR) is 41.1 cm³/mol. The van der Waals surface area contributed by atoms with Crippen molar-refractivity contribution in [3.8, 4) is 0 Å². The third kappa shape index (κ3) is 0.959. The first-order valence-electron chi connectivity index (χ1n) is 4.41. The Labute approximate surface area is 66.6 Å². The van der Waals surface area contributed by atoms with Crippen LogP contribution in [0, 0.1) is 23.7 Å². The molecule has 62 valence electrons. The molecule has 0 aromatic rings. The van der Waals surface area contributed by atoms with Crippen LogP contribution in [0.1, 0.15) is 26.2 Å². The highest BCUT2D eigenvalue weighted by molar-refractivity contribution is 5.71. The minimum absolute atomic E-state index is 0.00352. The molecule has 11 heavy (non-hydrogen) atoms. The zero-order chi connectivity index (χ0) is 8.01. The summed E-state index contributed by atoms with van der Waals surface area (Å²) < 4.78 is 0. The fourth-order valence-electron chi connectivity index (χ4n) is 2.87. The summed E-state index contributed by atoms with van der Waals surface area (Å²) in [5, 5.41) is 8.82. The van der Waals surface area contributed by atoms with Crippen molar-refractivity contribution in [2.75, 3.05) is 0 Å². The first kappa shape index (κ1) is 7.14. The van der Waals surface area contributed by atoms with Crippen LogP contribution in [0.25, 0.3) is 0 Å². The van der Waals surface area contributed by atoms with Gasteiger partial charge < -0.3 is 5.11 Å². The number of carbonyl (C=O) groups is 1. The summed E-state index contributed by atoms with van der Waals surface area (Å²) >= 11 is 0. The van der Waals surface area contributed by atoms with Crippen molar-refractivity contribution >= 4 is 5.97 Å². The van der Waals surface area contributed by atoms with Crippen LogP contribution in [0.15, 0.2) is 0 Å². The van der Waals surface area contributed by atoms with E-state index in [1.54, 1.807) is 0 Å². The van der Waals surface area contributed by atoms with E-state index in [4.69, 9.17) is 5.11 Å². The second kappa shape index (κ2) is 2.23. The van der Waals surface area contributed by atoms with Gasteiger partial charge in [0.15, 0.2) is 0 Å². The summed E-state index contributed by atoms with van der Waals surface area (Å²) in [7, 11) is 0. The predicted octanol–water partition coefficient (Wildman–Crippen LogP) is 1.75. The maximum absolute atomic E-state index is 10.7. The lowest BCUT2D eigenvalue weighted by atomic mass is 9.83. The summed E-state index contributed by atoms with van der Waals surface area (Å²) in [6.45, 7) is 2.25. The maximum Gasteiger partial charge on any atom is 0.306 e. The molecular weight excluding hydrogens is 140 g/mol. The van der Waals surface area contributed by atoms with Crippen molar-refractivity contribution in [3.63, 3.8) is 0 Å². The van der Waals surface area contributed by atoms with Gasteiger partial charge in [-0.05, 0) is 37.0 Å². The van der Waals surface area contributed by atoms with Gasteiger partial charge in [0, 0.05) is 0 Å². The molecule has 0 spiro atoms. The second-order valence-electron chi connectivity index (χ2n) is 4.15. The van der Waals surface area contributed by atoms with Gasteiger partial charge in [-0.15, -0.1) is 0 Å². The van der Waals surface area contributed by atoms with Gasteiger partial charge in [-0.3, -0.25) is 4.79 Å². The normalized spacial score (nSPS) is 48.1. The summed E-state index contributed by atoms with van der Waals surface area (Å²) in [5.74, 6) is 1.45. The van der Waals surface area contributed by atoms with Crippen LogP contribution < -0.4 is 0 Å². The van der Waals surface area contributed by atoms with Crippen molar-refractivity contribution < 1.29 is 9.90 Å². The van der Waals surface area contributed by atoms with E-state index in [1.807, 2.05) is 0 Å². The molecule has 0 aromatic heterocycles. The maximum atomic E-state index is 10.7. The molecule has 2 saturated carbocycles. The van der Waals surface area contributed by atoms with Gasteiger partial charge >= 0.3 is 5.97 Å². The molecule has 4 atom stereocenters. The topological polar surface area (TPSA) is 37.3 Å². The van der Waals surface area contributed by atoms with E-state index in [2.05, 4.69) is 6.92 Å². The van der Waals surface area contributed by atoms with Crippen LogP contribution in [0.2, 0.25) is 0 Å². The molecular formula is C9H14O2. The SMILES string of the molecule is CC1CC2CC1CC2C(=O)O. The van der Waals surface area contributed by atoms with Crippen LogP contribution in [-0.2, 0) is 4.79 Å². The molecule has 0 saturated heterocycles. The van der Waals surface area contributed by atoms with E-state index in [0.29, 0.717) is 5.92 Å². The van der Waals surface area contributed by atoms with Crippen LogP contribution in [0.5, 0.6) is 0 Å². The van der Waals surface area contributed by atoms with Crippen molar-refractivity contribution in [3.05, 3.63) is 0 Å². The molecule has 2 aliphatic carbocycles. The summed E-state index contributed by atoms with van der Waals surface area (Å²) in [5.41, 5.74) is 0. The molecule has 1 N–H and O–H groups in total. The Hall–Kier alpha value is -0.530. The summed E-state index contributed by atoms with van der Waals surface area (Å²) in [6, 6.07) is 0.